The quantitative estimate of drug-likeness (QED) is 0.532. The number of ether oxygens (including phenoxy) is 1. The number of hydrogen-bond acceptors (Lipinski definition) is 3. The summed E-state index contributed by atoms with van der Waals surface area (Å²) in [4.78, 5) is 22.5. The van der Waals surface area contributed by atoms with Crippen molar-refractivity contribution >= 4 is 29.6 Å². The first-order chi connectivity index (χ1) is 10.1. The van der Waals surface area contributed by atoms with Gasteiger partial charge in [0.15, 0.2) is 0 Å². The maximum atomic E-state index is 11.7. The third kappa shape index (κ3) is 4.19. The molecule has 0 saturated carbocycles. The molecule has 0 atom stereocenters. The zero-order chi connectivity index (χ0) is 15.2. The van der Waals surface area contributed by atoms with Crippen molar-refractivity contribution in [2.45, 2.75) is 0 Å². The van der Waals surface area contributed by atoms with Crippen LogP contribution in [0.1, 0.15) is 15.9 Å². The van der Waals surface area contributed by atoms with Crippen molar-refractivity contribution in [2.24, 2.45) is 0 Å². The number of rotatable bonds is 4. The van der Waals surface area contributed by atoms with Crippen LogP contribution in [-0.2, 0) is 4.79 Å². The van der Waals surface area contributed by atoms with Crippen LogP contribution >= 0.6 is 11.6 Å². The topological polar surface area (TPSA) is 63.6 Å². The zero-order valence-corrected chi connectivity index (χ0v) is 11.6. The highest BCUT2D eigenvalue weighted by atomic mass is 35.5. The number of benzene rings is 2. The van der Waals surface area contributed by atoms with E-state index in [0.717, 1.165) is 0 Å². The summed E-state index contributed by atoms with van der Waals surface area (Å²) in [5.74, 6) is -1.53. The third-order valence-corrected chi connectivity index (χ3v) is 2.95. The van der Waals surface area contributed by atoms with Crippen molar-refractivity contribution in [1.29, 1.82) is 0 Å². The SMILES string of the molecule is O=C(/C=C/c1ccccc1Cl)Oc1cccc(C(=O)O)c1. The molecule has 106 valence electrons. The number of halogens is 1. The van der Waals surface area contributed by atoms with Crippen LogP contribution < -0.4 is 4.74 Å². The molecular formula is C16H11ClO4. The van der Waals surface area contributed by atoms with Gasteiger partial charge in [0.2, 0.25) is 0 Å². The highest BCUT2D eigenvalue weighted by Gasteiger charge is 2.06. The van der Waals surface area contributed by atoms with E-state index in [-0.39, 0.29) is 11.3 Å². The lowest BCUT2D eigenvalue weighted by molar-refractivity contribution is -0.128. The largest absolute Gasteiger partial charge is 0.478 e. The molecule has 0 bridgehead atoms. The third-order valence-electron chi connectivity index (χ3n) is 2.60. The van der Waals surface area contributed by atoms with Crippen LogP contribution in [0.25, 0.3) is 6.08 Å². The molecule has 0 aliphatic carbocycles. The number of esters is 1. The molecule has 0 aliphatic rings. The Morgan fingerprint density at radius 1 is 1.10 bits per heavy atom. The lowest BCUT2D eigenvalue weighted by Crippen LogP contribution is -2.05. The fraction of sp³-hybridized carbons (Fsp3) is 0. The minimum absolute atomic E-state index is 0.0513. The van der Waals surface area contributed by atoms with Gasteiger partial charge in [0.25, 0.3) is 0 Å². The van der Waals surface area contributed by atoms with E-state index in [2.05, 4.69) is 0 Å². The minimum atomic E-state index is -1.08. The van der Waals surface area contributed by atoms with Gasteiger partial charge in [0.05, 0.1) is 5.56 Å². The highest BCUT2D eigenvalue weighted by molar-refractivity contribution is 6.32. The Labute approximate surface area is 126 Å². The molecule has 0 aliphatic heterocycles. The lowest BCUT2D eigenvalue weighted by Gasteiger charge is -2.02. The van der Waals surface area contributed by atoms with E-state index in [9.17, 15) is 9.59 Å². The Hall–Kier alpha value is -2.59. The van der Waals surface area contributed by atoms with Crippen molar-refractivity contribution in [3.8, 4) is 5.75 Å². The van der Waals surface area contributed by atoms with Gasteiger partial charge in [-0.1, -0.05) is 35.9 Å². The average molecular weight is 303 g/mol. The monoisotopic (exact) mass is 302 g/mol. The first kappa shape index (κ1) is 14.8. The summed E-state index contributed by atoms with van der Waals surface area (Å²) < 4.78 is 5.03. The summed E-state index contributed by atoms with van der Waals surface area (Å²) in [6.07, 6.45) is 2.76. The first-order valence-electron chi connectivity index (χ1n) is 6.04. The second-order valence-corrected chi connectivity index (χ2v) is 4.52. The molecule has 21 heavy (non-hydrogen) atoms. The summed E-state index contributed by atoms with van der Waals surface area (Å²) in [7, 11) is 0. The second-order valence-electron chi connectivity index (χ2n) is 4.11. The molecule has 0 spiro atoms. The van der Waals surface area contributed by atoms with Crippen molar-refractivity contribution < 1.29 is 19.4 Å². The van der Waals surface area contributed by atoms with Crippen molar-refractivity contribution in [3.63, 3.8) is 0 Å². The van der Waals surface area contributed by atoms with Crippen molar-refractivity contribution in [2.75, 3.05) is 0 Å². The Morgan fingerprint density at radius 2 is 1.86 bits per heavy atom. The Morgan fingerprint density at radius 3 is 2.57 bits per heavy atom. The lowest BCUT2D eigenvalue weighted by atomic mass is 10.2. The Kier molecular flexibility index (Phi) is 4.74. The molecule has 0 fully saturated rings. The number of carbonyl (C=O) groups is 2. The van der Waals surface area contributed by atoms with E-state index in [1.165, 1.54) is 36.4 Å². The smallest absolute Gasteiger partial charge is 0.336 e. The molecule has 0 unspecified atom stereocenters. The molecule has 1 N–H and O–H groups in total. The summed E-state index contributed by atoms with van der Waals surface area (Å²) in [6.45, 7) is 0. The summed E-state index contributed by atoms with van der Waals surface area (Å²) in [5, 5.41) is 9.38. The molecule has 2 aromatic carbocycles. The van der Waals surface area contributed by atoms with Gasteiger partial charge in [-0.2, -0.15) is 0 Å². The van der Waals surface area contributed by atoms with Crippen molar-refractivity contribution in [1.82, 2.24) is 0 Å². The summed E-state index contributed by atoms with van der Waals surface area (Å²) >= 11 is 5.95. The summed E-state index contributed by atoms with van der Waals surface area (Å²) in [6, 6.07) is 12.8. The predicted molar refractivity (Wildman–Crippen MR) is 79.5 cm³/mol. The van der Waals surface area contributed by atoms with Crippen LogP contribution in [0.2, 0.25) is 5.02 Å². The van der Waals surface area contributed by atoms with Crippen LogP contribution in [0.3, 0.4) is 0 Å². The molecule has 2 rings (SSSR count). The van der Waals surface area contributed by atoms with Gasteiger partial charge in [-0.05, 0) is 35.9 Å². The van der Waals surface area contributed by atoms with Gasteiger partial charge < -0.3 is 9.84 Å². The second kappa shape index (κ2) is 6.72. The van der Waals surface area contributed by atoms with E-state index >= 15 is 0 Å². The first-order valence-corrected chi connectivity index (χ1v) is 6.42. The molecule has 2 aromatic rings. The standard InChI is InChI=1S/C16H11ClO4/c17-14-7-2-1-4-11(14)8-9-15(18)21-13-6-3-5-12(10-13)16(19)20/h1-10H,(H,19,20)/b9-8+. The molecule has 0 saturated heterocycles. The van der Waals surface area contributed by atoms with Crippen LogP contribution in [0.4, 0.5) is 0 Å². The highest BCUT2D eigenvalue weighted by Crippen LogP contribution is 2.17. The van der Waals surface area contributed by atoms with Crippen LogP contribution in [0.5, 0.6) is 5.75 Å². The van der Waals surface area contributed by atoms with Crippen molar-refractivity contribution in [3.05, 3.63) is 70.8 Å². The summed E-state index contributed by atoms with van der Waals surface area (Å²) in [5.41, 5.74) is 0.741. The van der Waals surface area contributed by atoms with Gasteiger partial charge in [0.1, 0.15) is 5.75 Å². The Balaban J connectivity index is 2.07. The van der Waals surface area contributed by atoms with E-state index in [1.54, 1.807) is 24.3 Å². The van der Waals surface area contributed by atoms with Gasteiger partial charge in [0, 0.05) is 11.1 Å². The van der Waals surface area contributed by atoms with Gasteiger partial charge in [-0.15, -0.1) is 0 Å². The minimum Gasteiger partial charge on any atom is -0.478 e. The molecule has 0 radical (unpaired) electrons. The molecule has 0 amide bonds. The molecular weight excluding hydrogens is 292 g/mol. The zero-order valence-electron chi connectivity index (χ0n) is 10.8. The van der Waals surface area contributed by atoms with Gasteiger partial charge >= 0.3 is 11.9 Å². The van der Waals surface area contributed by atoms with E-state index < -0.39 is 11.9 Å². The van der Waals surface area contributed by atoms with Crippen LogP contribution in [-0.4, -0.2) is 17.0 Å². The van der Waals surface area contributed by atoms with E-state index in [0.29, 0.717) is 10.6 Å². The van der Waals surface area contributed by atoms with E-state index in [1.807, 2.05) is 0 Å². The number of carbonyl (C=O) groups excluding carboxylic acids is 1. The molecule has 5 heteroatoms. The number of carboxylic acids is 1. The fourth-order valence-corrected chi connectivity index (χ4v) is 1.81. The maximum Gasteiger partial charge on any atom is 0.336 e. The molecule has 0 heterocycles. The Bertz CT molecular complexity index is 707. The number of hydrogen-bond donors (Lipinski definition) is 1. The van der Waals surface area contributed by atoms with Gasteiger partial charge in [-0.25, -0.2) is 9.59 Å². The molecule has 0 aromatic heterocycles. The molecule has 4 nitrogen and oxygen atoms in total. The van der Waals surface area contributed by atoms with E-state index in [4.69, 9.17) is 21.4 Å². The average Bonchev–Trinajstić information content (AvgIpc) is 2.46. The number of aromatic carboxylic acids is 1. The maximum absolute atomic E-state index is 11.7. The fourth-order valence-electron chi connectivity index (χ4n) is 1.61. The number of carboxylic acid groups (broad SMARTS) is 1. The van der Waals surface area contributed by atoms with Crippen LogP contribution in [0, 0.1) is 0 Å². The normalized spacial score (nSPS) is 10.5. The van der Waals surface area contributed by atoms with Gasteiger partial charge in [-0.3, -0.25) is 0 Å². The predicted octanol–water partition coefficient (Wildman–Crippen LogP) is 3.66. The van der Waals surface area contributed by atoms with Crippen LogP contribution in [0.15, 0.2) is 54.6 Å².